The van der Waals surface area contributed by atoms with Gasteiger partial charge in [0.05, 0.1) is 25.2 Å². The molecule has 2 bridgehead atoms. The van der Waals surface area contributed by atoms with Crippen LogP contribution in [0.1, 0.15) is 19.3 Å². The van der Waals surface area contributed by atoms with Crippen LogP contribution in [0, 0.1) is 5.92 Å². The maximum atomic E-state index is 11.1. The predicted octanol–water partition coefficient (Wildman–Crippen LogP) is 0.727. The second-order valence-corrected chi connectivity index (χ2v) is 3.24. The molecule has 2 saturated heterocycles. The molecule has 2 aliphatic rings. The van der Waals surface area contributed by atoms with Crippen LogP contribution in [0.3, 0.4) is 0 Å². The third-order valence-electron chi connectivity index (χ3n) is 2.61. The zero-order valence-corrected chi connectivity index (χ0v) is 6.58. The Labute approximate surface area is 65.7 Å². The maximum Gasteiger partial charge on any atom is 0.311 e. The zero-order chi connectivity index (χ0) is 7.84. The molecule has 2 unspecified atom stereocenters. The van der Waals surface area contributed by atoms with E-state index in [1.54, 1.807) is 0 Å². The Morgan fingerprint density at radius 1 is 1.55 bits per heavy atom. The molecule has 0 aromatic carbocycles. The molecular weight excluding hydrogens is 144 g/mol. The van der Waals surface area contributed by atoms with Crippen molar-refractivity contribution in [2.75, 3.05) is 7.11 Å². The normalized spacial score (nSPS) is 41.0. The summed E-state index contributed by atoms with van der Waals surface area (Å²) in [5.41, 5.74) is 0. The molecule has 0 aromatic heterocycles. The second-order valence-electron chi connectivity index (χ2n) is 3.24. The molecule has 11 heavy (non-hydrogen) atoms. The first-order valence-electron chi connectivity index (χ1n) is 4.04. The fraction of sp³-hybridized carbons (Fsp3) is 0.875. The number of hydrogen-bond acceptors (Lipinski definition) is 3. The molecule has 0 amide bonds. The minimum Gasteiger partial charge on any atom is -0.469 e. The van der Waals surface area contributed by atoms with Gasteiger partial charge < -0.3 is 9.47 Å². The van der Waals surface area contributed by atoms with E-state index in [1.807, 2.05) is 0 Å². The molecule has 0 saturated carbocycles. The van der Waals surface area contributed by atoms with Crippen LogP contribution < -0.4 is 0 Å². The van der Waals surface area contributed by atoms with Crippen molar-refractivity contribution in [1.29, 1.82) is 0 Å². The highest BCUT2D eigenvalue weighted by Crippen LogP contribution is 2.39. The van der Waals surface area contributed by atoms with E-state index in [0.717, 1.165) is 19.3 Å². The number of carbonyl (C=O) groups excluding carboxylic acids is 1. The SMILES string of the molecule is COC(=O)[C@@H]1CC2CCC1O2. The van der Waals surface area contributed by atoms with Crippen molar-refractivity contribution in [1.82, 2.24) is 0 Å². The van der Waals surface area contributed by atoms with E-state index in [1.165, 1.54) is 7.11 Å². The average molecular weight is 156 g/mol. The topological polar surface area (TPSA) is 35.5 Å². The van der Waals surface area contributed by atoms with Gasteiger partial charge in [-0.05, 0) is 19.3 Å². The average Bonchev–Trinajstić information content (AvgIpc) is 2.62. The van der Waals surface area contributed by atoms with E-state index in [0.29, 0.717) is 6.10 Å². The standard InChI is InChI=1S/C8H12O3/c1-10-8(9)6-4-5-2-3-7(6)11-5/h5-7H,2-4H2,1H3/t5?,6-,7?/m1/s1. The predicted molar refractivity (Wildman–Crippen MR) is 38.0 cm³/mol. The lowest BCUT2D eigenvalue weighted by Gasteiger charge is -2.14. The van der Waals surface area contributed by atoms with E-state index in [9.17, 15) is 4.79 Å². The van der Waals surface area contributed by atoms with Gasteiger partial charge in [0.1, 0.15) is 0 Å². The number of methoxy groups -OCH3 is 1. The summed E-state index contributed by atoms with van der Waals surface area (Å²) in [6, 6.07) is 0. The van der Waals surface area contributed by atoms with Crippen molar-refractivity contribution in [3.05, 3.63) is 0 Å². The molecule has 2 fully saturated rings. The van der Waals surface area contributed by atoms with Crippen LogP contribution in [-0.2, 0) is 14.3 Å². The van der Waals surface area contributed by atoms with Crippen molar-refractivity contribution in [3.63, 3.8) is 0 Å². The number of fused-ring (bicyclic) bond motifs is 2. The smallest absolute Gasteiger partial charge is 0.311 e. The highest BCUT2D eigenvalue weighted by Gasteiger charge is 2.44. The van der Waals surface area contributed by atoms with Gasteiger partial charge in [0.25, 0.3) is 0 Å². The van der Waals surface area contributed by atoms with Gasteiger partial charge in [0.2, 0.25) is 0 Å². The lowest BCUT2D eigenvalue weighted by atomic mass is 9.89. The molecule has 3 atom stereocenters. The van der Waals surface area contributed by atoms with E-state index in [-0.39, 0.29) is 18.0 Å². The molecule has 0 N–H and O–H groups in total. The van der Waals surface area contributed by atoms with Crippen LogP contribution >= 0.6 is 0 Å². The van der Waals surface area contributed by atoms with E-state index in [4.69, 9.17) is 4.74 Å². The second kappa shape index (κ2) is 2.48. The first kappa shape index (κ1) is 7.10. The molecule has 62 valence electrons. The summed E-state index contributed by atoms with van der Waals surface area (Å²) >= 11 is 0. The van der Waals surface area contributed by atoms with E-state index >= 15 is 0 Å². The molecular formula is C8H12O3. The van der Waals surface area contributed by atoms with Gasteiger partial charge in [-0.3, -0.25) is 4.79 Å². The van der Waals surface area contributed by atoms with Crippen molar-refractivity contribution >= 4 is 5.97 Å². The summed E-state index contributed by atoms with van der Waals surface area (Å²) in [4.78, 5) is 11.1. The van der Waals surface area contributed by atoms with Gasteiger partial charge >= 0.3 is 5.97 Å². The Morgan fingerprint density at radius 2 is 2.36 bits per heavy atom. The molecule has 3 nitrogen and oxygen atoms in total. The first-order chi connectivity index (χ1) is 5.31. The summed E-state index contributed by atoms with van der Waals surface area (Å²) in [5.74, 6) is -0.0732. The van der Waals surface area contributed by atoms with Crippen molar-refractivity contribution in [2.45, 2.75) is 31.5 Å². The minimum absolute atomic E-state index is 0.0266. The van der Waals surface area contributed by atoms with Crippen LogP contribution in [0.5, 0.6) is 0 Å². The van der Waals surface area contributed by atoms with Gasteiger partial charge in [-0.15, -0.1) is 0 Å². The summed E-state index contributed by atoms with van der Waals surface area (Å²) in [6.45, 7) is 0. The highest BCUT2D eigenvalue weighted by molar-refractivity contribution is 5.73. The third-order valence-corrected chi connectivity index (χ3v) is 2.61. The Morgan fingerprint density at radius 3 is 2.82 bits per heavy atom. The van der Waals surface area contributed by atoms with Gasteiger partial charge in [0, 0.05) is 0 Å². The third kappa shape index (κ3) is 1.03. The largest absolute Gasteiger partial charge is 0.469 e. The number of ether oxygens (including phenoxy) is 2. The van der Waals surface area contributed by atoms with Crippen molar-refractivity contribution in [3.8, 4) is 0 Å². The molecule has 0 spiro atoms. The Kier molecular flexibility index (Phi) is 1.60. The Balaban J connectivity index is 2.02. The number of rotatable bonds is 1. The molecule has 3 heteroatoms. The van der Waals surface area contributed by atoms with Gasteiger partial charge in [0.15, 0.2) is 0 Å². The lowest BCUT2D eigenvalue weighted by molar-refractivity contribution is -0.147. The minimum atomic E-state index is -0.0998. The van der Waals surface area contributed by atoms with Gasteiger partial charge in [-0.2, -0.15) is 0 Å². The molecule has 0 radical (unpaired) electrons. The quantitative estimate of drug-likeness (QED) is 0.525. The molecule has 2 aliphatic heterocycles. The van der Waals surface area contributed by atoms with Crippen molar-refractivity contribution in [2.24, 2.45) is 5.92 Å². The monoisotopic (exact) mass is 156 g/mol. The fourth-order valence-corrected chi connectivity index (χ4v) is 2.04. The molecule has 2 rings (SSSR count). The highest BCUT2D eigenvalue weighted by atomic mass is 16.5. The molecule has 0 aromatic rings. The summed E-state index contributed by atoms with van der Waals surface area (Å²) < 4.78 is 10.2. The summed E-state index contributed by atoms with van der Waals surface area (Å²) in [7, 11) is 1.44. The van der Waals surface area contributed by atoms with Gasteiger partial charge in [-0.25, -0.2) is 0 Å². The van der Waals surface area contributed by atoms with Crippen molar-refractivity contribution < 1.29 is 14.3 Å². The van der Waals surface area contributed by atoms with Crippen LogP contribution in [0.2, 0.25) is 0 Å². The number of esters is 1. The fourth-order valence-electron chi connectivity index (χ4n) is 2.04. The lowest BCUT2D eigenvalue weighted by Crippen LogP contribution is -2.26. The first-order valence-corrected chi connectivity index (χ1v) is 4.04. The van der Waals surface area contributed by atoms with E-state index in [2.05, 4.69) is 4.74 Å². The van der Waals surface area contributed by atoms with Crippen LogP contribution in [0.15, 0.2) is 0 Å². The summed E-state index contributed by atoms with van der Waals surface area (Å²) in [5, 5.41) is 0. The number of carbonyl (C=O) groups is 1. The maximum absolute atomic E-state index is 11.1. The summed E-state index contributed by atoms with van der Waals surface area (Å²) in [6.07, 6.45) is 3.52. The Hall–Kier alpha value is -0.570. The van der Waals surface area contributed by atoms with E-state index < -0.39 is 0 Å². The van der Waals surface area contributed by atoms with Crippen LogP contribution in [-0.4, -0.2) is 25.3 Å². The Bertz CT molecular complexity index is 178. The molecule has 0 aliphatic carbocycles. The van der Waals surface area contributed by atoms with Crippen LogP contribution in [0.25, 0.3) is 0 Å². The van der Waals surface area contributed by atoms with Crippen LogP contribution in [0.4, 0.5) is 0 Å². The number of hydrogen-bond donors (Lipinski definition) is 0. The zero-order valence-electron chi connectivity index (χ0n) is 6.58. The molecule has 2 heterocycles. The van der Waals surface area contributed by atoms with Gasteiger partial charge in [-0.1, -0.05) is 0 Å².